The molecule has 0 saturated heterocycles. The summed E-state index contributed by atoms with van der Waals surface area (Å²) in [4.78, 5) is 36.6. The molecule has 0 spiro atoms. The van der Waals surface area contributed by atoms with Gasteiger partial charge in [-0.25, -0.2) is 14.4 Å². The SMILES string of the molecule is CCOC(=O)C(C)(O)C12C=CC(C1)C(C(=O)OC)=C2C(=O)OC. The number of fused-ring (bicyclic) bond motifs is 2. The fourth-order valence-electron chi connectivity index (χ4n) is 3.39. The van der Waals surface area contributed by atoms with Crippen molar-refractivity contribution >= 4 is 17.9 Å². The first kappa shape index (κ1) is 17.2. The first-order chi connectivity index (χ1) is 10.8. The van der Waals surface area contributed by atoms with Crippen molar-refractivity contribution in [2.45, 2.75) is 25.9 Å². The Morgan fingerprint density at radius 3 is 2.43 bits per heavy atom. The van der Waals surface area contributed by atoms with Crippen LogP contribution < -0.4 is 0 Å². The van der Waals surface area contributed by atoms with E-state index in [9.17, 15) is 19.5 Å². The lowest BCUT2D eigenvalue weighted by molar-refractivity contribution is -0.172. The van der Waals surface area contributed by atoms with E-state index in [0.29, 0.717) is 0 Å². The molecule has 2 aliphatic carbocycles. The Balaban J connectivity index is 2.62. The third-order valence-corrected chi connectivity index (χ3v) is 4.58. The van der Waals surface area contributed by atoms with Crippen molar-refractivity contribution in [3.63, 3.8) is 0 Å². The summed E-state index contributed by atoms with van der Waals surface area (Å²) in [5.74, 6) is -2.74. The van der Waals surface area contributed by atoms with Crippen LogP contribution in [0.15, 0.2) is 23.3 Å². The molecule has 0 saturated carbocycles. The van der Waals surface area contributed by atoms with Gasteiger partial charge in [-0.15, -0.1) is 0 Å². The number of methoxy groups -OCH3 is 2. The number of carbonyl (C=O) groups excluding carboxylic acids is 3. The van der Waals surface area contributed by atoms with Gasteiger partial charge < -0.3 is 19.3 Å². The van der Waals surface area contributed by atoms with Gasteiger partial charge in [-0.1, -0.05) is 12.2 Å². The molecule has 2 aliphatic rings. The quantitative estimate of drug-likeness (QED) is 0.447. The lowest BCUT2D eigenvalue weighted by Crippen LogP contribution is -2.52. The molecule has 2 bridgehead atoms. The van der Waals surface area contributed by atoms with E-state index >= 15 is 0 Å². The Hall–Kier alpha value is -2.15. The molecular formula is C16H20O7. The highest BCUT2D eigenvalue weighted by Crippen LogP contribution is 2.59. The van der Waals surface area contributed by atoms with Crippen LogP contribution in [0.3, 0.4) is 0 Å². The molecule has 23 heavy (non-hydrogen) atoms. The molecule has 126 valence electrons. The Kier molecular flexibility index (Phi) is 4.34. The zero-order valence-corrected chi connectivity index (χ0v) is 13.5. The smallest absolute Gasteiger partial charge is 0.339 e. The molecule has 0 aromatic carbocycles. The first-order valence-corrected chi connectivity index (χ1v) is 7.27. The van der Waals surface area contributed by atoms with Crippen LogP contribution in [-0.4, -0.2) is 49.4 Å². The number of rotatable bonds is 5. The Bertz CT molecular complexity index is 614. The van der Waals surface area contributed by atoms with Crippen molar-refractivity contribution in [2.75, 3.05) is 20.8 Å². The van der Waals surface area contributed by atoms with Crippen LogP contribution in [0.5, 0.6) is 0 Å². The minimum atomic E-state index is -2.02. The molecule has 0 heterocycles. The zero-order valence-electron chi connectivity index (χ0n) is 13.5. The van der Waals surface area contributed by atoms with Crippen molar-refractivity contribution in [1.29, 1.82) is 0 Å². The maximum absolute atomic E-state index is 12.3. The summed E-state index contributed by atoms with van der Waals surface area (Å²) in [6.45, 7) is 2.98. The maximum atomic E-state index is 12.3. The van der Waals surface area contributed by atoms with E-state index in [-0.39, 0.29) is 24.2 Å². The molecule has 3 unspecified atom stereocenters. The Morgan fingerprint density at radius 2 is 1.91 bits per heavy atom. The molecule has 7 heteroatoms. The van der Waals surface area contributed by atoms with E-state index in [0.717, 1.165) is 0 Å². The normalized spacial score (nSPS) is 27.6. The number of allylic oxidation sites excluding steroid dienone is 1. The summed E-state index contributed by atoms with van der Waals surface area (Å²) in [5, 5.41) is 10.9. The van der Waals surface area contributed by atoms with Gasteiger partial charge in [0.25, 0.3) is 0 Å². The predicted molar refractivity (Wildman–Crippen MR) is 78.0 cm³/mol. The first-order valence-electron chi connectivity index (χ1n) is 7.27. The number of hydrogen-bond acceptors (Lipinski definition) is 7. The van der Waals surface area contributed by atoms with Gasteiger partial charge in [0.15, 0.2) is 5.60 Å². The minimum Gasteiger partial charge on any atom is -0.466 e. The molecule has 0 aliphatic heterocycles. The summed E-state index contributed by atoms with van der Waals surface area (Å²) in [6.07, 6.45) is 3.47. The Labute approximate surface area is 133 Å². The van der Waals surface area contributed by atoms with Crippen molar-refractivity contribution < 1.29 is 33.7 Å². The number of aliphatic hydroxyl groups is 1. The van der Waals surface area contributed by atoms with Crippen molar-refractivity contribution in [1.82, 2.24) is 0 Å². The molecule has 0 radical (unpaired) electrons. The monoisotopic (exact) mass is 324 g/mol. The van der Waals surface area contributed by atoms with Gasteiger partial charge in [-0.3, -0.25) is 0 Å². The second-order valence-electron chi connectivity index (χ2n) is 5.71. The van der Waals surface area contributed by atoms with Gasteiger partial charge >= 0.3 is 17.9 Å². The van der Waals surface area contributed by atoms with Crippen LogP contribution in [0.2, 0.25) is 0 Å². The molecule has 7 nitrogen and oxygen atoms in total. The molecule has 0 amide bonds. The number of hydrogen-bond donors (Lipinski definition) is 1. The number of esters is 3. The van der Waals surface area contributed by atoms with Gasteiger partial charge in [0.05, 0.1) is 37.4 Å². The van der Waals surface area contributed by atoms with Crippen LogP contribution >= 0.6 is 0 Å². The molecule has 3 atom stereocenters. The highest BCUT2D eigenvalue weighted by molar-refractivity contribution is 6.05. The van der Waals surface area contributed by atoms with Crippen molar-refractivity contribution in [3.8, 4) is 0 Å². The summed E-state index contributed by atoms with van der Waals surface area (Å²) in [5.41, 5.74) is -3.32. The average molecular weight is 324 g/mol. The molecule has 0 aromatic rings. The lowest BCUT2D eigenvalue weighted by atomic mass is 9.68. The molecule has 1 N–H and O–H groups in total. The Morgan fingerprint density at radius 1 is 1.30 bits per heavy atom. The van der Waals surface area contributed by atoms with E-state index in [4.69, 9.17) is 14.2 Å². The van der Waals surface area contributed by atoms with Crippen LogP contribution in [-0.2, 0) is 28.6 Å². The fourth-order valence-corrected chi connectivity index (χ4v) is 3.39. The van der Waals surface area contributed by atoms with Gasteiger partial charge in [0.1, 0.15) is 0 Å². The predicted octanol–water partition coefficient (Wildman–Crippen LogP) is 0.519. The zero-order chi connectivity index (χ0) is 17.4. The topological polar surface area (TPSA) is 99.1 Å². The highest BCUT2D eigenvalue weighted by atomic mass is 16.6. The van der Waals surface area contributed by atoms with E-state index in [1.165, 1.54) is 21.1 Å². The fraction of sp³-hybridized carbons (Fsp3) is 0.562. The highest BCUT2D eigenvalue weighted by Gasteiger charge is 2.64. The molecule has 2 rings (SSSR count). The van der Waals surface area contributed by atoms with E-state index in [1.54, 1.807) is 19.1 Å². The maximum Gasteiger partial charge on any atom is 0.339 e. The molecule has 0 fully saturated rings. The largest absolute Gasteiger partial charge is 0.466 e. The third-order valence-electron chi connectivity index (χ3n) is 4.58. The van der Waals surface area contributed by atoms with Gasteiger partial charge in [-0.2, -0.15) is 0 Å². The van der Waals surface area contributed by atoms with Crippen molar-refractivity contribution in [3.05, 3.63) is 23.3 Å². The average Bonchev–Trinajstić information content (AvgIpc) is 3.11. The van der Waals surface area contributed by atoms with Crippen LogP contribution in [0, 0.1) is 11.3 Å². The second-order valence-corrected chi connectivity index (χ2v) is 5.71. The molecule has 0 aromatic heterocycles. The van der Waals surface area contributed by atoms with Crippen LogP contribution in [0.1, 0.15) is 20.3 Å². The third kappa shape index (κ3) is 2.26. The van der Waals surface area contributed by atoms with E-state index < -0.39 is 34.8 Å². The van der Waals surface area contributed by atoms with Crippen LogP contribution in [0.25, 0.3) is 0 Å². The van der Waals surface area contributed by atoms with Crippen LogP contribution in [0.4, 0.5) is 0 Å². The summed E-state index contributed by atoms with van der Waals surface area (Å²) in [7, 11) is 2.38. The van der Waals surface area contributed by atoms with Gasteiger partial charge in [0, 0.05) is 5.92 Å². The standard InChI is InChI=1S/C16H20O7/c1-5-23-14(19)15(2,20)16-7-6-9(8-16)10(12(17)21-3)11(16)13(18)22-4/h6-7,9,20H,5,8H2,1-4H3. The molecular weight excluding hydrogens is 304 g/mol. The number of carbonyl (C=O) groups is 3. The van der Waals surface area contributed by atoms with E-state index in [2.05, 4.69) is 0 Å². The lowest BCUT2D eigenvalue weighted by Gasteiger charge is -2.38. The number of ether oxygens (including phenoxy) is 3. The second kappa shape index (κ2) is 5.81. The summed E-state index contributed by atoms with van der Waals surface area (Å²) >= 11 is 0. The van der Waals surface area contributed by atoms with Gasteiger partial charge in [0.2, 0.25) is 0 Å². The van der Waals surface area contributed by atoms with Crippen molar-refractivity contribution in [2.24, 2.45) is 11.3 Å². The van der Waals surface area contributed by atoms with Gasteiger partial charge in [-0.05, 0) is 20.3 Å². The summed E-state index contributed by atoms with van der Waals surface area (Å²) < 4.78 is 14.4. The minimum absolute atomic E-state index is 0.0441. The van der Waals surface area contributed by atoms with E-state index in [1.807, 2.05) is 0 Å². The summed E-state index contributed by atoms with van der Waals surface area (Å²) in [6, 6.07) is 0.